The molecule has 1 aliphatic rings. The topological polar surface area (TPSA) is 80.5 Å². The van der Waals surface area contributed by atoms with E-state index in [-0.39, 0.29) is 26.9 Å². The molecule has 2 aromatic rings. The number of carbonyl (C=O) groups excluding carboxylic acids is 2. The third kappa shape index (κ3) is 2.24. The molecule has 0 bridgehead atoms. The summed E-state index contributed by atoms with van der Waals surface area (Å²) in [5.41, 5.74) is 0.319. The van der Waals surface area contributed by atoms with Gasteiger partial charge in [-0.25, -0.2) is 4.31 Å². The van der Waals surface area contributed by atoms with Crippen molar-refractivity contribution in [2.45, 2.75) is 4.90 Å². The molecule has 3 rings (SSSR count). The first-order chi connectivity index (χ1) is 10.5. The van der Waals surface area contributed by atoms with Crippen LogP contribution in [0.3, 0.4) is 0 Å². The lowest BCUT2D eigenvalue weighted by atomic mass is 10.1. The number of hydrogen-bond donors (Lipinski definition) is 0. The minimum Gasteiger partial charge on any atom is -0.283 e. The van der Waals surface area contributed by atoms with E-state index in [2.05, 4.69) is 0 Å². The lowest BCUT2D eigenvalue weighted by molar-refractivity contribution is -0.387. The number of carbonyl (C=O) groups is 2. The van der Waals surface area contributed by atoms with Gasteiger partial charge in [-0.15, -0.1) is 0 Å². The average Bonchev–Trinajstić information content (AvgIpc) is 2.74. The second-order valence-electron chi connectivity index (χ2n) is 4.38. The van der Waals surface area contributed by atoms with Gasteiger partial charge >= 0.3 is 5.91 Å². The molecular weight excluding hydrogens is 328 g/mol. The van der Waals surface area contributed by atoms with E-state index in [1.54, 1.807) is 18.2 Å². The summed E-state index contributed by atoms with van der Waals surface area (Å²) in [6.07, 6.45) is 0. The molecule has 0 fully saturated rings. The fourth-order valence-electron chi connectivity index (χ4n) is 2.08. The van der Waals surface area contributed by atoms with Crippen molar-refractivity contribution in [1.82, 2.24) is 0 Å². The van der Waals surface area contributed by atoms with Crippen LogP contribution in [-0.4, -0.2) is 16.6 Å². The van der Waals surface area contributed by atoms with Gasteiger partial charge in [0, 0.05) is 18.0 Å². The zero-order chi connectivity index (χ0) is 15.9. The lowest BCUT2D eigenvalue weighted by Gasteiger charge is -2.15. The van der Waals surface area contributed by atoms with Crippen LogP contribution in [0.1, 0.15) is 10.4 Å². The molecule has 1 aliphatic heterocycles. The Bertz CT molecular complexity index is 824. The highest BCUT2D eigenvalue weighted by atomic mass is 35.5. The van der Waals surface area contributed by atoms with E-state index in [4.69, 9.17) is 11.6 Å². The summed E-state index contributed by atoms with van der Waals surface area (Å²) in [7, 11) is 0. The SMILES string of the molecule is O=C1C(=O)N(Sc2ccccc2[N+](=O)[O-])c2c(Cl)cccc21. The smallest absolute Gasteiger partial charge is 0.283 e. The van der Waals surface area contributed by atoms with Crippen molar-refractivity contribution in [3.63, 3.8) is 0 Å². The number of nitro groups is 1. The normalized spacial score (nSPS) is 13.4. The molecule has 0 radical (unpaired) electrons. The minimum absolute atomic E-state index is 0.145. The van der Waals surface area contributed by atoms with Crippen molar-refractivity contribution in [1.29, 1.82) is 0 Å². The quantitative estimate of drug-likeness (QED) is 0.371. The van der Waals surface area contributed by atoms with E-state index in [1.165, 1.54) is 24.3 Å². The lowest BCUT2D eigenvalue weighted by Crippen LogP contribution is -2.23. The summed E-state index contributed by atoms with van der Waals surface area (Å²) < 4.78 is 1.10. The van der Waals surface area contributed by atoms with Crippen LogP contribution in [0, 0.1) is 10.1 Å². The number of ketones is 1. The van der Waals surface area contributed by atoms with Crippen LogP contribution in [0.4, 0.5) is 11.4 Å². The van der Waals surface area contributed by atoms with Gasteiger partial charge in [-0.1, -0.05) is 29.8 Å². The van der Waals surface area contributed by atoms with Crippen molar-refractivity contribution in [2.24, 2.45) is 0 Å². The van der Waals surface area contributed by atoms with E-state index >= 15 is 0 Å². The first kappa shape index (κ1) is 14.6. The Morgan fingerprint density at radius 1 is 1.09 bits per heavy atom. The molecule has 0 saturated carbocycles. The van der Waals surface area contributed by atoms with E-state index in [0.717, 1.165) is 16.3 Å². The van der Waals surface area contributed by atoms with Crippen LogP contribution in [-0.2, 0) is 4.79 Å². The van der Waals surface area contributed by atoms with Gasteiger partial charge in [-0.3, -0.25) is 19.7 Å². The fourth-order valence-corrected chi connectivity index (χ4v) is 3.42. The van der Waals surface area contributed by atoms with Crippen molar-refractivity contribution >= 4 is 46.6 Å². The maximum absolute atomic E-state index is 12.1. The second kappa shape index (κ2) is 5.43. The van der Waals surface area contributed by atoms with Gasteiger partial charge in [0.1, 0.15) is 4.90 Å². The Balaban J connectivity index is 2.07. The van der Waals surface area contributed by atoms with E-state index in [9.17, 15) is 19.7 Å². The molecule has 2 aromatic carbocycles. The van der Waals surface area contributed by atoms with Gasteiger partial charge in [0.25, 0.3) is 11.5 Å². The van der Waals surface area contributed by atoms with Gasteiger partial charge in [-0.2, -0.15) is 0 Å². The maximum atomic E-state index is 12.1. The molecule has 1 amide bonds. The number of fused-ring (bicyclic) bond motifs is 1. The number of Topliss-reactive ketones (excluding diaryl/α,β-unsaturated/α-hetero) is 1. The van der Waals surface area contributed by atoms with Crippen LogP contribution in [0.25, 0.3) is 0 Å². The zero-order valence-electron chi connectivity index (χ0n) is 10.9. The third-order valence-corrected chi connectivity index (χ3v) is 4.44. The number of anilines is 1. The van der Waals surface area contributed by atoms with Gasteiger partial charge < -0.3 is 0 Å². The predicted octanol–water partition coefficient (Wildman–Crippen LogP) is 3.48. The van der Waals surface area contributed by atoms with Crippen LogP contribution in [0.5, 0.6) is 0 Å². The third-order valence-electron chi connectivity index (χ3n) is 3.06. The molecule has 0 unspecified atom stereocenters. The maximum Gasteiger partial charge on any atom is 0.309 e. The second-order valence-corrected chi connectivity index (χ2v) is 5.78. The number of nitro benzene ring substituents is 1. The van der Waals surface area contributed by atoms with E-state index in [0.29, 0.717) is 0 Å². The summed E-state index contributed by atoms with van der Waals surface area (Å²) in [5, 5.41) is 11.3. The number of benzene rings is 2. The minimum atomic E-state index is -0.772. The van der Waals surface area contributed by atoms with Gasteiger partial charge in [-0.05, 0) is 18.2 Å². The summed E-state index contributed by atoms with van der Waals surface area (Å²) in [4.78, 5) is 34.9. The molecular formula is C14H7ClN2O4S. The van der Waals surface area contributed by atoms with Crippen LogP contribution >= 0.6 is 23.5 Å². The van der Waals surface area contributed by atoms with Crippen LogP contribution < -0.4 is 4.31 Å². The molecule has 0 saturated heterocycles. The van der Waals surface area contributed by atoms with Gasteiger partial charge in [0.2, 0.25) is 0 Å². The summed E-state index contributed by atoms with van der Waals surface area (Å²) >= 11 is 6.88. The van der Waals surface area contributed by atoms with E-state index in [1.807, 2.05) is 0 Å². The molecule has 22 heavy (non-hydrogen) atoms. The largest absolute Gasteiger partial charge is 0.309 e. The molecule has 1 heterocycles. The predicted molar refractivity (Wildman–Crippen MR) is 82.2 cm³/mol. The number of halogens is 1. The first-order valence-corrected chi connectivity index (χ1v) is 7.24. The van der Waals surface area contributed by atoms with Gasteiger partial charge in [0.05, 0.1) is 21.2 Å². The highest BCUT2D eigenvalue weighted by Gasteiger charge is 2.39. The Morgan fingerprint density at radius 2 is 1.82 bits per heavy atom. The standard InChI is InChI=1S/C14H7ClN2O4S/c15-9-5-3-4-8-12(9)16(14(19)13(8)18)22-11-7-2-1-6-10(11)17(20)21/h1-7H. The van der Waals surface area contributed by atoms with Crippen molar-refractivity contribution in [2.75, 3.05) is 4.31 Å². The number of hydrogen-bond acceptors (Lipinski definition) is 5. The number of rotatable bonds is 3. The van der Waals surface area contributed by atoms with Crippen LogP contribution in [0.2, 0.25) is 5.02 Å². The highest BCUT2D eigenvalue weighted by Crippen LogP contribution is 2.43. The number of para-hydroxylation sites is 2. The average molecular weight is 335 g/mol. The number of amides is 1. The summed E-state index contributed by atoms with van der Waals surface area (Å²) in [5.74, 6) is -1.45. The molecule has 110 valence electrons. The van der Waals surface area contributed by atoms with Crippen molar-refractivity contribution in [3.05, 3.63) is 63.2 Å². The Morgan fingerprint density at radius 3 is 2.55 bits per heavy atom. The molecule has 6 nitrogen and oxygen atoms in total. The monoisotopic (exact) mass is 334 g/mol. The van der Waals surface area contributed by atoms with Crippen molar-refractivity contribution < 1.29 is 14.5 Å². The molecule has 0 atom stereocenters. The molecule has 0 aliphatic carbocycles. The molecule has 8 heteroatoms. The van der Waals surface area contributed by atoms with Crippen molar-refractivity contribution in [3.8, 4) is 0 Å². The Hall–Kier alpha value is -2.38. The molecule has 0 aromatic heterocycles. The van der Waals surface area contributed by atoms with Crippen LogP contribution in [0.15, 0.2) is 47.4 Å². The summed E-state index contributed by atoms with van der Waals surface area (Å²) in [6.45, 7) is 0. The zero-order valence-corrected chi connectivity index (χ0v) is 12.4. The first-order valence-electron chi connectivity index (χ1n) is 6.09. The fraction of sp³-hybridized carbons (Fsp3) is 0. The Labute approximate surface area is 134 Å². The Kier molecular flexibility index (Phi) is 3.59. The number of nitrogens with zero attached hydrogens (tertiary/aromatic N) is 2. The van der Waals surface area contributed by atoms with E-state index < -0.39 is 16.6 Å². The molecule has 0 spiro atoms. The van der Waals surface area contributed by atoms with Gasteiger partial charge in [0.15, 0.2) is 0 Å². The molecule has 0 N–H and O–H groups in total. The highest BCUT2D eigenvalue weighted by molar-refractivity contribution is 8.01. The summed E-state index contributed by atoms with van der Waals surface area (Å²) in [6, 6.07) is 10.6.